The molecule has 1 saturated carbocycles. The second-order valence-electron chi connectivity index (χ2n) is 4.73. The second kappa shape index (κ2) is 5.16. The highest BCUT2D eigenvalue weighted by atomic mass is 32.2. The monoisotopic (exact) mass is 258 g/mol. The number of rotatable bonds is 3. The lowest BCUT2D eigenvalue weighted by atomic mass is 10.2. The maximum Gasteiger partial charge on any atom is 0.326 e. The van der Waals surface area contributed by atoms with E-state index < -0.39 is 12.0 Å². The average Bonchev–Trinajstić information content (AvgIpc) is 3.09. The molecule has 0 aromatic heterocycles. The minimum atomic E-state index is -0.916. The highest BCUT2D eigenvalue weighted by molar-refractivity contribution is 7.99. The second-order valence-corrected chi connectivity index (χ2v) is 6.28. The van der Waals surface area contributed by atoms with Crippen LogP contribution in [0.4, 0.5) is 4.79 Å². The van der Waals surface area contributed by atoms with Crippen LogP contribution in [-0.4, -0.2) is 52.1 Å². The normalized spacial score (nSPS) is 26.4. The summed E-state index contributed by atoms with van der Waals surface area (Å²) in [4.78, 5) is 24.7. The molecule has 2 N–H and O–H groups in total. The molecular weight excluding hydrogens is 240 g/mol. The topological polar surface area (TPSA) is 69.6 Å². The van der Waals surface area contributed by atoms with Gasteiger partial charge in [0, 0.05) is 24.1 Å². The Bertz CT molecular complexity index is 320. The SMILES string of the molecule is CC1CN(C(=O)NC(C(=O)O)C2CC2)CCS1. The van der Waals surface area contributed by atoms with Gasteiger partial charge in [0.15, 0.2) is 0 Å². The van der Waals surface area contributed by atoms with E-state index in [9.17, 15) is 9.59 Å². The molecule has 17 heavy (non-hydrogen) atoms. The maximum absolute atomic E-state index is 11.9. The molecule has 2 rings (SSSR count). The number of carboxylic acids is 1. The smallest absolute Gasteiger partial charge is 0.326 e. The molecule has 1 saturated heterocycles. The van der Waals surface area contributed by atoms with E-state index in [0.29, 0.717) is 18.3 Å². The lowest BCUT2D eigenvalue weighted by Crippen LogP contribution is -2.52. The average molecular weight is 258 g/mol. The van der Waals surface area contributed by atoms with E-state index in [1.165, 1.54) is 0 Å². The molecule has 0 bridgehead atoms. The van der Waals surface area contributed by atoms with Crippen molar-refractivity contribution in [2.45, 2.75) is 31.1 Å². The van der Waals surface area contributed by atoms with Crippen molar-refractivity contribution in [2.24, 2.45) is 5.92 Å². The summed E-state index contributed by atoms with van der Waals surface area (Å²) in [6, 6.07) is -0.927. The summed E-state index contributed by atoms with van der Waals surface area (Å²) in [5.41, 5.74) is 0. The van der Waals surface area contributed by atoms with Crippen LogP contribution in [0.5, 0.6) is 0 Å². The molecule has 0 radical (unpaired) electrons. The van der Waals surface area contributed by atoms with E-state index in [1.54, 1.807) is 4.90 Å². The lowest BCUT2D eigenvalue weighted by Gasteiger charge is -2.31. The van der Waals surface area contributed by atoms with Crippen molar-refractivity contribution < 1.29 is 14.7 Å². The highest BCUT2D eigenvalue weighted by Gasteiger charge is 2.38. The zero-order chi connectivity index (χ0) is 12.4. The van der Waals surface area contributed by atoms with Gasteiger partial charge >= 0.3 is 12.0 Å². The van der Waals surface area contributed by atoms with Crippen molar-refractivity contribution in [1.82, 2.24) is 10.2 Å². The highest BCUT2D eigenvalue weighted by Crippen LogP contribution is 2.32. The number of nitrogens with one attached hydrogen (secondary N) is 1. The number of nitrogens with zero attached hydrogens (tertiary/aromatic N) is 1. The van der Waals surface area contributed by atoms with Crippen molar-refractivity contribution in [3.05, 3.63) is 0 Å². The standard InChI is InChI=1S/C11H18N2O3S/c1-7-6-13(4-5-17-7)11(16)12-9(10(14)15)8-2-3-8/h7-9H,2-6H2,1H3,(H,12,16)(H,14,15). The van der Waals surface area contributed by atoms with E-state index >= 15 is 0 Å². The summed E-state index contributed by atoms with van der Waals surface area (Å²) in [5.74, 6) is 0.142. The molecule has 0 aromatic carbocycles. The summed E-state index contributed by atoms with van der Waals surface area (Å²) < 4.78 is 0. The van der Waals surface area contributed by atoms with Gasteiger partial charge in [0.05, 0.1) is 0 Å². The predicted molar refractivity (Wildman–Crippen MR) is 66.2 cm³/mol. The van der Waals surface area contributed by atoms with E-state index in [1.807, 2.05) is 11.8 Å². The van der Waals surface area contributed by atoms with Gasteiger partial charge in [-0.25, -0.2) is 9.59 Å². The summed E-state index contributed by atoms with van der Waals surface area (Å²) >= 11 is 1.85. The Hall–Kier alpha value is -0.910. The molecular formula is C11H18N2O3S. The summed E-state index contributed by atoms with van der Waals surface area (Å²) in [6.07, 6.45) is 1.81. The van der Waals surface area contributed by atoms with Crippen LogP contribution in [0.25, 0.3) is 0 Å². The van der Waals surface area contributed by atoms with Gasteiger partial charge in [0.25, 0.3) is 0 Å². The zero-order valence-electron chi connectivity index (χ0n) is 9.89. The van der Waals surface area contributed by atoms with Crippen molar-refractivity contribution in [3.63, 3.8) is 0 Å². The van der Waals surface area contributed by atoms with Crippen LogP contribution >= 0.6 is 11.8 Å². The Morgan fingerprint density at radius 1 is 1.47 bits per heavy atom. The Labute approximate surface area is 105 Å². The van der Waals surface area contributed by atoms with Gasteiger partial charge in [0.2, 0.25) is 0 Å². The molecule has 2 atom stereocenters. The summed E-state index contributed by atoms with van der Waals surface area (Å²) in [6.45, 7) is 3.49. The van der Waals surface area contributed by atoms with Crippen LogP contribution in [0, 0.1) is 5.92 Å². The number of carboxylic acid groups (broad SMARTS) is 1. The number of thioether (sulfide) groups is 1. The largest absolute Gasteiger partial charge is 0.480 e. The minimum absolute atomic E-state index is 0.132. The first-order valence-electron chi connectivity index (χ1n) is 5.98. The molecule has 2 amide bonds. The van der Waals surface area contributed by atoms with Gasteiger partial charge in [-0.2, -0.15) is 11.8 Å². The maximum atomic E-state index is 11.9. The molecule has 0 aromatic rings. The molecule has 1 aliphatic heterocycles. The van der Waals surface area contributed by atoms with E-state index in [2.05, 4.69) is 12.2 Å². The van der Waals surface area contributed by atoms with E-state index in [0.717, 1.165) is 18.6 Å². The number of hydrogen-bond donors (Lipinski definition) is 2. The minimum Gasteiger partial charge on any atom is -0.480 e. The Morgan fingerprint density at radius 2 is 2.18 bits per heavy atom. The molecule has 1 aliphatic carbocycles. The summed E-state index contributed by atoms with van der Waals surface area (Å²) in [5, 5.41) is 12.1. The van der Waals surface area contributed by atoms with Gasteiger partial charge in [-0.3, -0.25) is 0 Å². The van der Waals surface area contributed by atoms with Gasteiger partial charge in [0.1, 0.15) is 6.04 Å². The molecule has 6 heteroatoms. The third-order valence-corrected chi connectivity index (χ3v) is 4.30. The number of carbonyl (C=O) groups excluding carboxylic acids is 1. The quantitative estimate of drug-likeness (QED) is 0.792. The molecule has 2 aliphatic rings. The Balaban J connectivity index is 1.88. The first-order chi connectivity index (χ1) is 8.08. The number of aliphatic carboxylic acids is 1. The van der Waals surface area contributed by atoms with Gasteiger partial charge in [-0.05, 0) is 18.8 Å². The molecule has 96 valence electrons. The van der Waals surface area contributed by atoms with E-state index in [-0.39, 0.29) is 11.9 Å². The van der Waals surface area contributed by atoms with Crippen molar-refractivity contribution in [3.8, 4) is 0 Å². The molecule has 0 spiro atoms. The van der Waals surface area contributed by atoms with Crippen molar-refractivity contribution >= 4 is 23.8 Å². The van der Waals surface area contributed by atoms with Crippen molar-refractivity contribution in [2.75, 3.05) is 18.8 Å². The fourth-order valence-electron chi connectivity index (χ4n) is 2.04. The van der Waals surface area contributed by atoms with Crippen LogP contribution in [-0.2, 0) is 4.79 Å². The first-order valence-corrected chi connectivity index (χ1v) is 7.02. The van der Waals surface area contributed by atoms with E-state index in [4.69, 9.17) is 5.11 Å². The van der Waals surface area contributed by atoms with Crippen LogP contribution in [0.3, 0.4) is 0 Å². The van der Waals surface area contributed by atoms with Gasteiger partial charge in [-0.15, -0.1) is 0 Å². The predicted octanol–water partition coefficient (Wildman–Crippen LogP) is 0.996. The third kappa shape index (κ3) is 3.28. The fourth-order valence-corrected chi connectivity index (χ4v) is 3.05. The van der Waals surface area contributed by atoms with Crippen molar-refractivity contribution in [1.29, 1.82) is 0 Å². The molecule has 2 fully saturated rings. The van der Waals surface area contributed by atoms with Gasteiger partial charge in [-0.1, -0.05) is 6.92 Å². The van der Waals surface area contributed by atoms with Crippen LogP contribution in [0.15, 0.2) is 0 Å². The zero-order valence-corrected chi connectivity index (χ0v) is 10.7. The molecule has 1 heterocycles. The first kappa shape index (κ1) is 12.5. The Kier molecular flexibility index (Phi) is 3.81. The Morgan fingerprint density at radius 3 is 2.71 bits per heavy atom. The molecule has 2 unspecified atom stereocenters. The third-order valence-electron chi connectivity index (χ3n) is 3.17. The number of urea groups is 1. The van der Waals surface area contributed by atoms with Crippen LogP contribution in [0.1, 0.15) is 19.8 Å². The lowest BCUT2D eigenvalue weighted by molar-refractivity contribution is -0.139. The van der Waals surface area contributed by atoms with Crippen LogP contribution in [0.2, 0.25) is 0 Å². The van der Waals surface area contributed by atoms with Crippen LogP contribution < -0.4 is 5.32 Å². The number of amides is 2. The summed E-state index contributed by atoms with van der Waals surface area (Å²) in [7, 11) is 0. The molecule has 5 nitrogen and oxygen atoms in total. The van der Waals surface area contributed by atoms with Gasteiger partial charge < -0.3 is 15.3 Å². The number of carbonyl (C=O) groups is 2. The number of hydrogen-bond acceptors (Lipinski definition) is 3. The fraction of sp³-hybridized carbons (Fsp3) is 0.818.